The highest BCUT2D eigenvalue weighted by atomic mass is 79.9. The Morgan fingerprint density at radius 2 is 2.20 bits per heavy atom. The van der Waals surface area contributed by atoms with Gasteiger partial charge in [0.2, 0.25) is 0 Å². The predicted octanol–water partition coefficient (Wildman–Crippen LogP) is 4.09. The van der Waals surface area contributed by atoms with Crippen LogP contribution < -0.4 is 0 Å². The van der Waals surface area contributed by atoms with Gasteiger partial charge in [-0.1, -0.05) is 28.1 Å². The summed E-state index contributed by atoms with van der Waals surface area (Å²) in [6.45, 7) is 0. The summed E-state index contributed by atoms with van der Waals surface area (Å²) < 4.78 is 2.80. The molecule has 4 rings (SSSR count). The fourth-order valence-electron chi connectivity index (χ4n) is 2.90. The molecule has 0 aliphatic carbocycles. The van der Waals surface area contributed by atoms with Gasteiger partial charge in [0.25, 0.3) is 0 Å². The molecule has 0 aliphatic rings. The van der Waals surface area contributed by atoms with Crippen LogP contribution in [0.15, 0.2) is 59.7 Å². The van der Waals surface area contributed by atoms with Crippen LogP contribution in [0.3, 0.4) is 0 Å². The van der Waals surface area contributed by atoms with Crippen molar-refractivity contribution >= 4 is 27.0 Å². The Labute approximate surface area is 152 Å². The molecular weight excluding hydrogens is 380 g/mol. The summed E-state index contributed by atoms with van der Waals surface area (Å²) in [5, 5.41) is 14.7. The minimum Gasteiger partial charge on any atom is -0.346 e. The lowest BCUT2D eigenvalue weighted by atomic mass is 10.0. The summed E-state index contributed by atoms with van der Waals surface area (Å²) in [7, 11) is 0. The lowest BCUT2D eigenvalue weighted by Gasteiger charge is -2.15. The minimum absolute atomic E-state index is 0.153. The quantitative estimate of drug-likeness (QED) is 0.566. The molecule has 0 bridgehead atoms. The molecule has 3 heterocycles. The average Bonchev–Trinajstić information content (AvgIpc) is 3.28. The van der Waals surface area contributed by atoms with Gasteiger partial charge in [0.1, 0.15) is 12.0 Å². The number of aromatic amines is 1. The van der Waals surface area contributed by atoms with Crippen LogP contribution in [-0.4, -0.2) is 24.7 Å². The monoisotopic (exact) mass is 392 g/mol. The zero-order valence-corrected chi connectivity index (χ0v) is 14.7. The maximum absolute atomic E-state index is 9.24. The van der Waals surface area contributed by atoms with Gasteiger partial charge in [-0.2, -0.15) is 10.4 Å². The fourth-order valence-corrected chi connectivity index (χ4v) is 3.31. The zero-order chi connectivity index (χ0) is 17.2. The summed E-state index contributed by atoms with van der Waals surface area (Å²) in [6.07, 6.45) is 7.41. The van der Waals surface area contributed by atoms with Gasteiger partial charge in [0.15, 0.2) is 0 Å². The van der Waals surface area contributed by atoms with Gasteiger partial charge < -0.3 is 4.98 Å². The predicted molar refractivity (Wildman–Crippen MR) is 97.6 cm³/mol. The molecule has 0 radical (unpaired) electrons. The summed E-state index contributed by atoms with van der Waals surface area (Å²) in [6, 6.07) is 12.0. The zero-order valence-electron chi connectivity index (χ0n) is 13.1. The SMILES string of the molecule is N#CCC(c1cccc(Br)c1)n1cc(-c2ncnc3[nH]ccc23)cn1. The van der Waals surface area contributed by atoms with Crippen LogP contribution >= 0.6 is 15.9 Å². The molecule has 0 amide bonds. The van der Waals surface area contributed by atoms with Gasteiger partial charge in [-0.15, -0.1) is 0 Å². The smallest absolute Gasteiger partial charge is 0.141 e. The van der Waals surface area contributed by atoms with Crippen molar-refractivity contribution in [1.29, 1.82) is 5.26 Å². The van der Waals surface area contributed by atoms with E-state index in [1.54, 1.807) is 6.20 Å². The van der Waals surface area contributed by atoms with E-state index in [9.17, 15) is 5.26 Å². The fraction of sp³-hybridized carbons (Fsp3) is 0.111. The third-order valence-electron chi connectivity index (χ3n) is 4.07. The minimum atomic E-state index is -0.153. The number of nitrogens with zero attached hydrogens (tertiary/aromatic N) is 5. The van der Waals surface area contributed by atoms with E-state index in [0.29, 0.717) is 6.42 Å². The second-order valence-corrected chi connectivity index (χ2v) is 6.52. The Hall–Kier alpha value is -2.98. The Kier molecular flexibility index (Phi) is 4.04. The number of benzene rings is 1. The molecule has 0 saturated carbocycles. The Morgan fingerprint density at radius 1 is 1.28 bits per heavy atom. The van der Waals surface area contributed by atoms with E-state index in [4.69, 9.17) is 0 Å². The Bertz CT molecular complexity index is 1070. The Balaban J connectivity index is 1.76. The van der Waals surface area contributed by atoms with Crippen LogP contribution in [0.5, 0.6) is 0 Å². The highest BCUT2D eigenvalue weighted by molar-refractivity contribution is 9.10. The van der Waals surface area contributed by atoms with Gasteiger partial charge in [-0.25, -0.2) is 9.97 Å². The van der Waals surface area contributed by atoms with Crippen molar-refractivity contribution in [3.63, 3.8) is 0 Å². The standard InChI is InChI=1S/C18H13BrN6/c19-14-3-1-2-12(8-14)16(4-6-20)25-10-13(9-24-25)17-15-5-7-21-18(15)23-11-22-17/h1-3,5,7-11,16H,4H2,(H,21,22,23). The first-order valence-electron chi connectivity index (χ1n) is 7.71. The number of H-pyrrole nitrogens is 1. The van der Waals surface area contributed by atoms with Crippen LogP contribution in [0, 0.1) is 11.3 Å². The molecule has 0 fully saturated rings. The van der Waals surface area contributed by atoms with Crippen LogP contribution in [0.2, 0.25) is 0 Å². The van der Waals surface area contributed by atoms with Crippen LogP contribution in [-0.2, 0) is 0 Å². The lowest BCUT2D eigenvalue weighted by molar-refractivity contribution is 0.532. The molecule has 6 nitrogen and oxygen atoms in total. The number of halogens is 1. The van der Waals surface area contributed by atoms with Gasteiger partial charge in [-0.05, 0) is 23.8 Å². The molecule has 1 N–H and O–H groups in total. The summed E-state index contributed by atoms with van der Waals surface area (Å²) in [5.41, 5.74) is 3.53. The van der Waals surface area contributed by atoms with Crippen molar-refractivity contribution < 1.29 is 0 Å². The number of hydrogen-bond acceptors (Lipinski definition) is 4. The topological polar surface area (TPSA) is 83.2 Å². The van der Waals surface area contributed by atoms with E-state index in [0.717, 1.165) is 32.3 Å². The largest absolute Gasteiger partial charge is 0.346 e. The second-order valence-electron chi connectivity index (χ2n) is 5.60. The third-order valence-corrected chi connectivity index (χ3v) is 4.56. The maximum Gasteiger partial charge on any atom is 0.141 e. The summed E-state index contributed by atoms with van der Waals surface area (Å²) >= 11 is 3.49. The first-order chi connectivity index (χ1) is 12.3. The maximum atomic E-state index is 9.24. The van der Waals surface area contributed by atoms with Crippen molar-refractivity contribution in [3.05, 3.63) is 65.3 Å². The first kappa shape index (κ1) is 15.5. The van der Waals surface area contributed by atoms with Crippen LogP contribution in [0.1, 0.15) is 18.0 Å². The van der Waals surface area contributed by atoms with E-state index >= 15 is 0 Å². The van der Waals surface area contributed by atoms with Gasteiger partial charge in [0.05, 0.1) is 30.4 Å². The Morgan fingerprint density at radius 3 is 3.04 bits per heavy atom. The van der Waals surface area contributed by atoms with Crippen molar-refractivity contribution in [2.45, 2.75) is 12.5 Å². The first-order valence-corrected chi connectivity index (χ1v) is 8.50. The normalized spacial score (nSPS) is 12.2. The molecule has 3 aromatic heterocycles. The van der Waals surface area contributed by atoms with Gasteiger partial charge >= 0.3 is 0 Å². The second kappa shape index (κ2) is 6.49. The highest BCUT2D eigenvalue weighted by Crippen LogP contribution is 2.28. The number of fused-ring (bicyclic) bond motifs is 1. The van der Waals surface area contributed by atoms with Gasteiger partial charge in [-0.3, -0.25) is 4.68 Å². The van der Waals surface area contributed by atoms with Crippen molar-refractivity contribution in [2.75, 3.05) is 0 Å². The third kappa shape index (κ3) is 2.92. The van der Waals surface area contributed by atoms with E-state index in [-0.39, 0.29) is 6.04 Å². The molecule has 25 heavy (non-hydrogen) atoms. The molecular formula is C18H13BrN6. The molecule has 1 atom stereocenters. The van der Waals surface area contributed by atoms with Crippen molar-refractivity contribution in [1.82, 2.24) is 24.7 Å². The molecule has 1 unspecified atom stereocenters. The summed E-state index contributed by atoms with van der Waals surface area (Å²) in [5.74, 6) is 0. The van der Waals surface area contributed by atoms with E-state index in [1.165, 1.54) is 6.33 Å². The van der Waals surface area contributed by atoms with Crippen molar-refractivity contribution in [2.24, 2.45) is 0 Å². The number of aromatic nitrogens is 5. The van der Waals surface area contributed by atoms with E-state index in [2.05, 4.69) is 42.0 Å². The molecule has 4 aromatic rings. The van der Waals surface area contributed by atoms with Gasteiger partial charge in [0, 0.05) is 27.8 Å². The van der Waals surface area contributed by atoms with Crippen LogP contribution in [0.25, 0.3) is 22.3 Å². The number of nitriles is 1. The number of rotatable bonds is 4. The van der Waals surface area contributed by atoms with E-state index in [1.807, 2.05) is 47.4 Å². The highest BCUT2D eigenvalue weighted by Gasteiger charge is 2.17. The average molecular weight is 393 g/mol. The molecule has 0 spiro atoms. The lowest BCUT2D eigenvalue weighted by Crippen LogP contribution is -2.10. The molecule has 122 valence electrons. The van der Waals surface area contributed by atoms with Crippen LogP contribution in [0.4, 0.5) is 0 Å². The van der Waals surface area contributed by atoms with Crippen molar-refractivity contribution in [3.8, 4) is 17.3 Å². The number of hydrogen-bond donors (Lipinski definition) is 1. The molecule has 0 saturated heterocycles. The number of nitrogens with one attached hydrogen (secondary N) is 1. The molecule has 1 aromatic carbocycles. The summed E-state index contributed by atoms with van der Waals surface area (Å²) in [4.78, 5) is 11.7. The molecule has 7 heteroatoms. The molecule has 0 aliphatic heterocycles. The van der Waals surface area contributed by atoms with E-state index < -0.39 is 0 Å².